The predicted molar refractivity (Wildman–Crippen MR) is 97.5 cm³/mol. The smallest absolute Gasteiger partial charge is 0.244 e. The number of amides is 2. The van der Waals surface area contributed by atoms with Crippen LogP contribution in [-0.4, -0.2) is 34.4 Å². The molecule has 0 spiro atoms. The van der Waals surface area contributed by atoms with E-state index in [4.69, 9.17) is 5.73 Å². The van der Waals surface area contributed by atoms with Crippen LogP contribution in [0.2, 0.25) is 0 Å². The van der Waals surface area contributed by atoms with Gasteiger partial charge >= 0.3 is 0 Å². The Balaban J connectivity index is 1.70. The van der Waals surface area contributed by atoms with Gasteiger partial charge in [-0.3, -0.25) is 9.59 Å². The van der Waals surface area contributed by atoms with Gasteiger partial charge in [-0.05, 0) is 48.9 Å². The van der Waals surface area contributed by atoms with Crippen molar-refractivity contribution in [1.82, 2.24) is 10.2 Å². The number of hydrogen-bond acceptors (Lipinski definition) is 4. The molecule has 3 N–H and O–H groups in total. The van der Waals surface area contributed by atoms with Gasteiger partial charge in [-0.25, -0.2) is 0 Å². The van der Waals surface area contributed by atoms with E-state index in [1.807, 2.05) is 25.1 Å². The number of fused-ring (bicyclic) bond motifs is 1. The number of aryl methyl sites for hydroxylation is 1. The van der Waals surface area contributed by atoms with Crippen LogP contribution in [0.1, 0.15) is 49.8 Å². The van der Waals surface area contributed by atoms with E-state index < -0.39 is 0 Å². The predicted octanol–water partition coefficient (Wildman–Crippen LogP) is 2.46. The maximum Gasteiger partial charge on any atom is 0.244 e. The van der Waals surface area contributed by atoms with Crippen LogP contribution in [0.5, 0.6) is 0 Å². The average molecular weight is 347 g/mol. The molecule has 2 atom stereocenters. The van der Waals surface area contributed by atoms with Crippen molar-refractivity contribution in [3.63, 3.8) is 0 Å². The molecule has 0 radical (unpaired) electrons. The molecule has 0 saturated carbocycles. The van der Waals surface area contributed by atoms with Gasteiger partial charge in [-0.2, -0.15) is 0 Å². The lowest BCUT2D eigenvalue weighted by Crippen LogP contribution is -2.48. The first-order valence-corrected chi connectivity index (χ1v) is 9.81. The maximum atomic E-state index is 12.8. The normalized spacial score (nSPS) is 23.0. The molecular formula is C18H25N3O2S. The molecule has 1 saturated heterocycles. The van der Waals surface area contributed by atoms with E-state index in [0.717, 1.165) is 31.4 Å². The zero-order chi connectivity index (χ0) is 17.1. The largest absolute Gasteiger partial charge is 0.399 e. The van der Waals surface area contributed by atoms with Crippen molar-refractivity contribution >= 4 is 29.3 Å². The summed E-state index contributed by atoms with van der Waals surface area (Å²) in [6.07, 6.45) is 4.31. The molecule has 3 rings (SSSR count). The van der Waals surface area contributed by atoms with E-state index in [9.17, 15) is 9.59 Å². The van der Waals surface area contributed by atoms with Gasteiger partial charge in [-0.15, -0.1) is 11.8 Å². The average Bonchev–Trinajstić information content (AvgIpc) is 3.05. The molecule has 5 nitrogen and oxygen atoms in total. The van der Waals surface area contributed by atoms with Crippen LogP contribution in [0.25, 0.3) is 0 Å². The molecule has 2 unspecified atom stereocenters. The first-order valence-electron chi connectivity index (χ1n) is 8.66. The fourth-order valence-electron chi connectivity index (χ4n) is 3.52. The summed E-state index contributed by atoms with van der Waals surface area (Å²) < 4.78 is 0. The molecule has 130 valence electrons. The number of hydrogen-bond donors (Lipinski definition) is 2. The summed E-state index contributed by atoms with van der Waals surface area (Å²) >= 11 is 1.65. The molecule has 2 amide bonds. The minimum Gasteiger partial charge on any atom is -0.399 e. The second-order valence-electron chi connectivity index (χ2n) is 6.54. The number of anilines is 1. The highest BCUT2D eigenvalue weighted by Gasteiger charge is 2.35. The van der Waals surface area contributed by atoms with E-state index in [2.05, 4.69) is 5.32 Å². The molecule has 1 heterocycles. The third-order valence-electron chi connectivity index (χ3n) is 4.77. The van der Waals surface area contributed by atoms with Crippen LogP contribution in [0.4, 0.5) is 5.69 Å². The van der Waals surface area contributed by atoms with Crippen molar-refractivity contribution in [2.45, 2.75) is 51.1 Å². The molecule has 2 aliphatic rings. The zero-order valence-electron chi connectivity index (χ0n) is 14.1. The van der Waals surface area contributed by atoms with E-state index >= 15 is 0 Å². The summed E-state index contributed by atoms with van der Waals surface area (Å²) in [5.41, 5.74) is 9.04. The number of carbonyl (C=O) groups excluding carboxylic acids is 2. The number of nitrogens with zero attached hydrogens (tertiary/aromatic N) is 1. The lowest BCUT2D eigenvalue weighted by atomic mass is 9.87. The SMILES string of the molecule is CCCC(=O)N1CSCC1C(=O)NC1CCCc2cc(N)ccc21. The minimum atomic E-state index is -0.340. The van der Waals surface area contributed by atoms with Crippen LogP contribution in [-0.2, 0) is 16.0 Å². The summed E-state index contributed by atoms with van der Waals surface area (Å²) in [6.45, 7) is 1.99. The van der Waals surface area contributed by atoms with Crippen LogP contribution < -0.4 is 11.1 Å². The van der Waals surface area contributed by atoms with Crippen molar-refractivity contribution in [2.75, 3.05) is 17.4 Å². The Hall–Kier alpha value is -1.69. The first kappa shape index (κ1) is 17.1. The molecule has 1 fully saturated rings. The third-order valence-corrected chi connectivity index (χ3v) is 5.78. The summed E-state index contributed by atoms with van der Waals surface area (Å²) in [5, 5.41) is 3.18. The van der Waals surface area contributed by atoms with E-state index in [1.54, 1.807) is 16.7 Å². The highest BCUT2D eigenvalue weighted by atomic mass is 32.2. The van der Waals surface area contributed by atoms with E-state index in [0.29, 0.717) is 18.1 Å². The molecule has 6 heteroatoms. The Morgan fingerprint density at radius 2 is 2.25 bits per heavy atom. The second-order valence-corrected chi connectivity index (χ2v) is 7.54. The van der Waals surface area contributed by atoms with Gasteiger partial charge in [0, 0.05) is 17.9 Å². The molecule has 1 aliphatic heterocycles. The number of nitrogen functional groups attached to an aromatic ring is 1. The van der Waals surface area contributed by atoms with Gasteiger partial charge in [0.1, 0.15) is 6.04 Å². The van der Waals surface area contributed by atoms with Crippen LogP contribution >= 0.6 is 11.8 Å². The Morgan fingerprint density at radius 1 is 1.42 bits per heavy atom. The fourth-order valence-corrected chi connectivity index (χ4v) is 4.70. The highest BCUT2D eigenvalue weighted by Crippen LogP contribution is 2.31. The van der Waals surface area contributed by atoms with Crippen LogP contribution in [0.3, 0.4) is 0 Å². The number of benzene rings is 1. The number of nitrogens with one attached hydrogen (secondary N) is 1. The number of rotatable bonds is 4. The lowest BCUT2D eigenvalue weighted by molar-refractivity contribution is -0.138. The Morgan fingerprint density at radius 3 is 3.04 bits per heavy atom. The summed E-state index contributed by atoms with van der Waals surface area (Å²) in [6, 6.07) is 5.61. The number of carbonyl (C=O) groups is 2. The standard InChI is InChI=1S/C18H25N3O2S/c1-2-4-17(22)21-11-24-10-16(21)18(23)20-15-6-3-5-12-9-13(19)7-8-14(12)15/h7-9,15-16H,2-6,10-11,19H2,1H3,(H,20,23). The number of thioether (sulfide) groups is 1. The molecule has 1 aliphatic carbocycles. The minimum absolute atomic E-state index is 0.0237. The molecule has 0 aromatic heterocycles. The topological polar surface area (TPSA) is 75.4 Å². The lowest BCUT2D eigenvalue weighted by Gasteiger charge is -2.29. The zero-order valence-corrected chi connectivity index (χ0v) is 14.9. The summed E-state index contributed by atoms with van der Waals surface area (Å²) in [5.74, 6) is 1.36. The van der Waals surface area contributed by atoms with Crippen LogP contribution in [0, 0.1) is 0 Å². The molecular weight excluding hydrogens is 322 g/mol. The van der Waals surface area contributed by atoms with Gasteiger partial charge in [0.15, 0.2) is 0 Å². The third kappa shape index (κ3) is 3.53. The van der Waals surface area contributed by atoms with Crippen molar-refractivity contribution in [1.29, 1.82) is 0 Å². The molecule has 1 aromatic rings. The van der Waals surface area contributed by atoms with Crippen molar-refractivity contribution in [3.8, 4) is 0 Å². The van der Waals surface area contributed by atoms with E-state index in [-0.39, 0.29) is 23.9 Å². The summed E-state index contributed by atoms with van der Waals surface area (Å²) in [4.78, 5) is 26.7. The Bertz CT molecular complexity index is 635. The Kier molecular flexibility index (Phi) is 5.33. The summed E-state index contributed by atoms with van der Waals surface area (Å²) in [7, 11) is 0. The fraction of sp³-hybridized carbons (Fsp3) is 0.556. The monoisotopic (exact) mass is 347 g/mol. The molecule has 0 bridgehead atoms. The van der Waals surface area contributed by atoms with Gasteiger partial charge in [0.05, 0.1) is 11.9 Å². The van der Waals surface area contributed by atoms with E-state index in [1.165, 1.54) is 11.1 Å². The van der Waals surface area contributed by atoms with Crippen molar-refractivity contribution in [2.24, 2.45) is 0 Å². The number of nitrogens with two attached hydrogens (primary N) is 1. The van der Waals surface area contributed by atoms with Gasteiger partial charge in [0.25, 0.3) is 0 Å². The quantitative estimate of drug-likeness (QED) is 0.821. The first-order chi connectivity index (χ1) is 11.6. The maximum absolute atomic E-state index is 12.8. The molecule has 24 heavy (non-hydrogen) atoms. The second kappa shape index (κ2) is 7.47. The van der Waals surface area contributed by atoms with Crippen molar-refractivity contribution < 1.29 is 9.59 Å². The Labute approximate surface area is 147 Å². The highest BCUT2D eigenvalue weighted by molar-refractivity contribution is 7.99. The van der Waals surface area contributed by atoms with Gasteiger partial charge in [0.2, 0.25) is 11.8 Å². The van der Waals surface area contributed by atoms with Crippen molar-refractivity contribution in [3.05, 3.63) is 29.3 Å². The van der Waals surface area contributed by atoms with Crippen LogP contribution in [0.15, 0.2) is 18.2 Å². The molecule has 1 aromatic carbocycles. The van der Waals surface area contributed by atoms with Gasteiger partial charge in [-0.1, -0.05) is 13.0 Å². The van der Waals surface area contributed by atoms with Gasteiger partial charge < -0.3 is 16.0 Å².